The monoisotopic (exact) mass is 233 g/mol. The van der Waals surface area contributed by atoms with E-state index in [-0.39, 0.29) is 18.4 Å². The molecule has 17 heavy (non-hydrogen) atoms. The largest absolute Gasteiger partial charge is 0.481 e. The molecule has 1 unspecified atom stereocenters. The van der Waals surface area contributed by atoms with Crippen LogP contribution in [0.2, 0.25) is 0 Å². The zero-order valence-electron chi connectivity index (χ0n) is 9.72. The van der Waals surface area contributed by atoms with Crippen molar-refractivity contribution in [3.63, 3.8) is 0 Å². The van der Waals surface area contributed by atoms with Gasteiger partial charge in [-0.05, 0) is 25.5 Å². The Hall–Kier alpha value is -1.84. The van der Waals surface area contributed by atoms with Gasteiger partial charge in [-0.2, -0.15) is 0 Å². The lowest BCUT2D eigenvalue weighted by Gasteiger charge is -2.40. The van der Waals surface area contributed by atoms with Crippen molar-refractivity contribution in [3.8, 4) is 0 Å². The molecule has 0 saturated carbocycles. The number of amides is 1. The average Bonchev–Trinajstić information content (AvgIpc) is 2.25. The molecular formula is C13H15NO3. The minimum Gasteiger partial charge on any atom is -0.481 e. The van der Waals surface area contributed by atoms with Crippen LogP contribution in [0, 0.1) is 6.92 Å². The number of carboxylic acids is 1. The van der Waals surface area contributed by atoms with Crippen LogP contribution >= 0.6 is 0 Å². The van der Waals surface area contributed by atoms with Crippen molar-refractivity contribution in [1.82, 2.24) is 4.90 Å². The highest BCUT2D eigenvalue weighted by Crippen LogP contribution is 2.23. The third-order valence-electron chi connectivity index (χ3n) is 3.11. The summed E-state index contributed by atoms with van der Waals surface area (Å²) in [6, 6.07) is 7.21. The highest BCUT2D eigenvalue weighted by atomic mass is 16.4. The van der Waals surface area contributed by atoms with Crippen LogP contribution in [0.5, 0.6) is 0 Å². The minimum absolute atomic E-state index is 0.0393. The van der Waals surface area contributed by atoms with Crippen molar-refractivity contribution >= 4 is 11.9 Å². The second-order valence-corrected chi connectivity index (χ2v) is 4.40. The van der Waals surface area contributed by atoms with Gasteiger partial charge in [0.15, 0.2) is 0 Å². The predicted octanol–water partition coefficient (Wildman–Crippen LogP) is 1.68. The van der Waals surface area contributed by atoms with Gasteiger partial charge in [-0.15, -0.1) is 0 Å². The second-order valence-electron chi connectivity index (χ2n) is 4.40. The van der Waals surface area contributed by atoms with Crippen molar-refractivity contribution in [1.29, 1.82) is 0 Å². The molecule has 90 valence electrons. The number of benzene rings is 1. The number of carbonyl (C=O) groups is 2. The van der Waals surface area contributed by atoms with Crippen LogP contribution in [0.3, 0.4) is 0 Å². The Balaban J connectivity index is 2.05. The highest BCUT2D eigenvalue weighted by molar-refractivity contribution is 5.95. The standard InChI is InChI=1S/C13H15NO3/c1-9-2-4-10(5-3-9)13(17)14-7-6-11(14)8-12(15)16/h2-5,11H,6-8H2,1H3,(H,15,16). The van der Waals surface area contributed by atoms with E-state index in [9.17, 15) is 9.59 Å². The van der Waals surface area contributed by atoms with Crippen molar-refractivity contribution < 1.29 is 14.7 Å². The van der Waals surface area contributed by atoms with Crippen LogP contribution in [0.15, 0.2) is 24.3 Å². The second kappa shape index (κ2) is 4.57. The van der Waals surface area contributed by atoms with E-state index in [0.717, 1.165) is 12.0 Å². The van der Waals surface area contributed by atoms with E-state index >= 15 is 0 Å². The summed E-state index contributed by atoms with van der Waals surface area (Å²) in [6.45, 7) is 2.62. The van der Waals surface area contributed by atoms with E-state index in [1.54, 1.807) is 17.0 Å². The zero-order chi connectivity index (χ0) is 12.4. The van der Waals surface area contributed by atoms with Crippen LogP contribution < -0.4 is 0 Å². The molecule has 4 nitrogen and oxygen atoms in total. The van der Waals surface area contributed by atoms with Crippen LogP contribution in [0.4, 0.5) is 0 Å². The third-order valence-corrected chi connectivity index (χ3v) is 3.11. The number of aliphatic carboxylic acids is 1. The molecule has 0 bridgehead atoms. The molecule has 1 N–H and O–H groups in total. The zero-order valence-corrected chi connectivity index (χ0v) is 9.72. The molecule has 0 aliphatic carbocycles. The number of aryl methyl sites for hydroxylation is 1. The predicted molar refractivity (Wildman–Crippen MR) is 62.9 cm³/mol. The Morgan fingerprint density at radius 2 is 2.00 bits per heavy atom. The summed E-state index contributed by atoms with van der Waals surface area (Å²) in [5.74, 6) is -0.918. The quantitative estimate of drug-likeness (QED) is 0.864. The van der Waals surface area contributed by atoms with Gasteiger partial charge in [0.2, 0.25) is 0 Å². The van der Waals surface area contributed by atoms with Gasteiger partial charge in [0, 0.05) is 18.2 Å². The molecule has 0 radical (unpaired) electrons. The fraction of sp³-hybridized carbons (Fsp3) is 0.385. The summed E-state index contributed by atoms with van der Waals surface area (Å²) in [4.78, 5) is 24.3. The Labute approximate surface area is 99.9 Å². The first-order valence-electron chi connectivity index (χ1n) is 5.67. The Bertz CT molecular complexity index is 438. The molecule has 2 rings (SSSR count). The maximum absolute atomic E-state index is 12.1. The summed E-state index contributed by atoms with van der Waals surface area (Å²) >= 11 is 0. The van der Waals surface area contributed by atoms with Gasteiger partial charge in [0.1, 0.15) is 0 Å². The highest BCUT2D eigenvalue weighted by Gasteiger charge is 2.33. The molecular weight excluding hydrogens is 218 g/mol. The minimum atomic E-state index is -0.851. The summed E-state index contributed by atoms with van der Waals surface area (Å²) in [6.07, 6.45) is 0.821. The average molecular weight is 233 g/mol. The van der Waals surface area contributed by atoms with Crippen molar-refractivity contribution in [2.75, 3.05) is 6.54 Å². The first kappa shape index (κ1) is 11.6. The molecule has 1 aliphatic rings. The number of hydrogen-bond acceptors (Lipinski definition) is 2. The molecule has 1 saturated heterocycles. The molecule has 1 aromatic carbocycles. The smallest absolute Gasteiger partial charge is 0.305 e. The number of hydrogen-bond donors (Lipinski definition) is 1. The van der Waals surface area contributed by atoms with E-state index < -0.39 is 5.97 Å². The van der Waals surface area contributed by atoms with Gasteiger partial charge in [0.25, 0.3) is 5.91 Å². The fourth-order valence-corrected chi connectivity index (χ4v) is 1.98. The summed E-state index contributed by atoms with van der Waals surface area (Å²) in [7, 11) is 0. The Kier molecular flexibility index (Phi) is 3.13. The van der Waals surface area contributed by atoms with Crippen LogP contribution in [-0.4, -0.2) is 34.5 Å². The maximum atomic E-state index is 12.1. The van der Waals surface area contributed by atoms with Gasteiger partial charge >= 0.3 is 5.97 Å². The maximum Gasteiger partial charge on any atom is 0.305 e. The summed E-state index contributed by atoms with van der Waals surface area (Å²) < 4.78 is 0. The summed E-state index contributed by atoms with van der Waals surface area (Å²) in [5.41, 5.74) is 1.73. The van der Waals surface area contributed by atoms with Crippen LogP contribution in [0.25, 0.3) is 0 Å². The van der Waals surface area contributed by atoms with Gasteiger partial charge in [0.05, 0.1) is 6.42 Å². The molecule has 1 atom stereocenters. The normalized spacial score (nSPS) is 18.6. The number of rotatable bonds is 3. The molecule has 1 aromatic rings. The lowest BCUT2D eigenvalue weighted by Crippen LogP contribution is -2.51. The first-order chi connectivity index (χ1) is 8.08. The number of carboxylic acid groups (broad SMARTS) is 1. The number of carbonyl (C=O) groups excluding carboxylic acids is 1. The fourth-order valence-electron chi connectivity index (χ4n) is 1.98. The number of nitrogens with zero attached hydrogens (tertiary/aromatic N) is 1. The van der Waals surface area contributed by atoms with E-state index in [1.165, 1.54) is 0 Å². The SMILES string of the molecule is Cc1ccc(C(=O)N2CCC2CC(=O)O)cc1. The first-order valence-corrected chi connectivity index (χ1v) is 5.67. The molecule has 4 heteroatoms. The van der Waals surface area contributed by atoms with Crippen molar-refractivity contribution in [2.45, 2.75) is 25.8 Å². The molecule has 1 aliphatic heterocycles. The Morgan fingerprint density at radius 1 is 1.35 bits per heavy atom. The molecule has 1 heterocycles. The van der Waals surface area contributed by atoms with E-state index in [2.05, 4.69) is 0 Å². The lowest BCUT2D eigenvalue weighted by atomic mass is 9.98. The van der Waals surface area contributed by atoms with Gasteiger partial charge < -0.3 is 10.0 Å². The van der Waals surface area contributed by atoms with E-state index in [0.29, 0.717) is 12.1 Å². The summed E-state index contributed by atoms with van der Waals surface area (Å²) in [5, 5.41) is 8.72. The van der Waals surface area contributed by atoms with Gasteiger partial charge in [-0.1, -0.05) is 17.7 Å². The Morgan fingerprint density at radius 3 is 2.47 bits per heavy atom. The van der Waals surface area contributed by atoms with Crippen LogP contribution in [0.1, 0.15) is 28.8 Å². The van der Waals surface area contributed by atoms with Crippen molar-refractivity contribution in [2.24, 2.45) is 0 Å². The van der Waals surface area contributed by atoms with Crippen LogP contribution in [-0.2, 0) is 4.79 Å². The van der Waals surface area contributed by atoms with Gasteiger partial charge in [-0.25, -0.2) is 0 Å². The number of likely N-dealkylation sites (tertiary alicyclic amines) is 1. The molecule has 1 fully saturated rings. The topological polar surface area (TPSA) is 57.6 Å². The molecule has 0 spiro atoms. The van der Waals surface area contributed by atoms with E-state index in [4.69, 9.17) is 5.11 Å². The van der Waals surface area contributed by atoms with Gasteiger partial charge in [-0.3, -0.25) is 9.59 Å². The third kappa shape index (κ3) is 2.46. The molecule has 1 amide bonds. The lowest BCUT2D eigenvalue weighted by molar-refractivity contribution is -0.139. The van der Waals surface area contributed by atoms with E-state index in [1.807, 2.05) is 19.1 Å². The van der Waals surface area contributed by atoms with Crippen molar-refractivity contribution in [3.05, 3.63) is 35.4 Å². The molecule has 0 aromatic heterocycles.